The number of aliphatic hydroxyl groups is 1. The highest BCUT2D eigenvalue weighted by Crippen LogP contribution is 2.14. The molecule has 0 aliphatic rings. The molecule has 4 nitrogen and oxygen atoms in total. The summed E-state index contributed by atoms with van der Waals surface area (Å²) in [6.45, 7) is 4.48. The lowest BCUT2D eigenvalue weighted by atomic mass is 9.95. The Morgan fingerprint density at radius 1 is 1.26 bits per heavy atom. The highest BCUT2D eigenvalue weighted by atomic mass is 16.5. The van der Waals surface area contributed by atoms with E-state index in [1.165, 1.54) is 0 Å². The minimum atomic E-state index is -0.659. The number of aldehydes is 1. The fourth-order valence-electron chi connectivity index (χ4n) is 1.78. The predicted molar refractivity (Wildman–Crippen MR) is 73.0 cm³/mol. The van der Waals surface area contributed by atoms with E-state index in [0.717, 1.165) is 17.6 Å². The van der Waals surface area contributed by atoms with Crippen LogP contribution in [0.1, 0.15) is 19.4 Å². The van der Waals surface area contributed by atoms with Crippen molar-refractivity contribution in [3.05, 3.63) is 29.8 Å². The van der Waals surface area contributed by atoms with Crippen LogP contribution in [-0.4, -0.2) is 31.2 Å². The van der Waals surface area contributed by atoms with E-state index in [1.54, 1.807) is 14.0 Å². The fraction of sp³-hybridized carbons (Fsp3) is 0.533. The van der Waals surface area contributed by atoms with Gasteiger partial charge in [-0.2, -0.15) is 0 Å². The normalized spacial score (nSPS) is 15.6. The third kappa shape index (κ3) is 5.01. The van der Waals surface area contributed by atoms with Crippen LogP contribution in [0.25, 0.3) is 0 Å². The van der Waals surface area contributed by atoms with Gasteiger partial charge in [0.2, 0.25) is 0 Å². The van der Waals surface area contributed by atoms with Gasteiger partial charge in [0.05, 0.1) is 26.4 Å². The van der Waals surface area contributed by atoms with Crippen LogP contribution in [0.2, 0.25) is 0 Å². The van der Waals surface area contributed by atoms with E-state index in [-0.39, 0.29) is 11.8 Å². The van der Waals surface area contributed by atoms with Crippen LogP contribution >= 0.6 is 0 Å². The number of aliphatic hydroxyl groups excluding tert-OH is 1. The fourth-order valence-corrected chi connectivity index (χ4v) is 1.78. The summed E-state index contributed by atoms with van der Waals surface area (Å²) in [5, 5.41) is 9.82. The van der Waals surface area contributed by atoms with Crippen LogP contribution in [0, 0.1) is 11.8 Å². The zero-order valence-corrected chi connectivity index (χ0v) is 11.7. The average Bonchev–Trinajstić information content (AvgIpc) is 2.46. The summed E-state index contributed by atoms with van der Waals surface area (Å²) in [4.78, 5) is 10.6. The van der Waals surface area contributed by atoms with Crippen molar-refractivity contribution in [1.29, 1.82) is 0 Å². The van der Waals surface area contributed by atoms with Crippen LogP contribution in [0.3, 0.4) is 0 Å². The highest BCUT2D eigenvalue weighted by molar-refractivity contribution is 5.53. The number of rotatable bonds is 8. The molecule has 0 aromatic heterocycles. The lowest BCUT2D eigenvalue weighted by Gasteiger charge is -2.21. The van der Waals surface area contributed by atoms with Crippen molar-refractivity contribution in [2.75, 3.05) is 13.7 Å². The van der Waals surface area contributed by atoms with E-state index < -0.39 is 6.10 Å². The molecule has 0 amide bonds. The van der Waals surface area contributed by atoms with Crippen molar-refractivity contribution >= 4 is 6.29 Å². The molecule has 19 heavy (non-hydrogen) atoms. The summed E-state index contributed by atoms with van der Waals surface area (Å²) >= 11 is 0. The molecule has 4 heteroatoms. The number of benzene rings is 1. The minimum absolute atomic E-state index is 0.0709. The number of carbonyl (C=O) groups is 1. The van der Waals surface area contributed by atoms with Gasteiger partial charge in [-0.1, -0.05) is 26.0 Å². The Bertz CT molecular complexity index is 374. The van der Waals surface area contributed by atoms with E-state index in [9.17, 15) is 9.90 Å². The molecule has 0 aliphatic carbocycles. The van der Waals surface area contributed by atoms with E-state index >= 15 is 0 Å². The molecule has 0 fully saturated rings. The SMILES string of the molecule is COc1ccc(COC[C@H](C)[C@@H](O)[C@@H](C)C=O)cc1. The third-order valence-corrected chi connectivity index (χ3v) is 3.14. The number of ether oxygens (including phenoxy) is 2. The maximum absolute atomic E-state index is 10.6. The topological polar surface area (TPSA) is 55.8 Å². The number of hydrogen-bond donors (Lipinski definition) is 1. The van der Waals surface area contributed by atoms with Gasteiger partial charge < -0.3 is 19.4 Å². The van der Waals surface area contributed by atoms with Crippen LogP contribution in [-0.2, 0) is 16.1 Å². The van der Waals surface area contributed by atoms with Crippen molar-refractivity contribution in [3.8, 4) is 5.75 Å². The first kappa shape index (κ1) is 15.7. The Hall–Kier alpha value is -1.39. The molecule has 0 bridgehead atoms. The standard InChI is InChI=1S/C15H22O4/c1-11(8-16)15(17)12(2)9-19-10-13-4-6-14(18-3)7-5-13/h4-8,11-12,15,17H,9-10H2,1-3H3/t11-,12-,15-/m0/s1. The van der Waals surface area contributed by atoms with E-state index in [1.807, 2.05) is 31.2 Å². The molecular formula is C15H22O4. The van der Waals surface area contributed by atoms with Gasteiger partial charge in [0.15, 0.2) is 0 Å². The van der Waals surface area contributed by atoms with Gasteiger partial charge >= 0.3 is 0 Å². The first-order valence-corrected chi connectivity index (χ1v) is 6.42. The lowest BCUT2D eigenvalue weighted by molar-refractivity contribution is -0.115. The van der Waals surface area contributed by atoms with Crippen LogP contribution in [0.4, 0.5) is 0 Å². The molecule has 0 radical (unpaired) electrons. The monoisotopic (exact) mass is 266 g/mol. The van der Waals surface area contributed by atoms with Crippen molar-refractivity contribution in [1.82, 2.24) is 0 Å². The molecule has 0 aliphatic heterocycles. The van der Waals surface area contributed by atoms with Gasteiger partial charge in [-0.25, -0.2) is 0 Å². The Balaban J connectivity index is 2.34. The van der Waals surface area contributed by atoms with Gasteiger partial charge in [-0.3, -0.25) is 0 Å². The smallest absolute Gasteiger partial charge is 0.125 e. The average molecular weight is 266 g/mol. The predicted octanol–water partition coefficient (Wildman–Crippen LogP) is 2.04. The summed E-state index contributed by atoms with van der Waals surface area (Å²) in [6, 6.07) is 7.64. The molecule has 1 aromatic rings. The molecule has 3 atom stereocenters. The summed E-state index contributed by atoms with van der Waals surface area (Å²) in [7, 11) is 1.63. The Morgan fingerprint density at radius 2 is 1.89 bits per heavy atom. The second kappa shape index (κ2) is 7.92. The Kier molecular flexibility index (Phi) is 6.53. The second-order valence-corrected chi connectivity index (χ2v) is 4.83. The van der Waals surface area contributed by atoms with Gasteiger partial charge in [0, 0.05) is 11.8 Å². The molecule has 0 unspecified atom stereocenters. The highest BCUT2D eigenvalue weighted by Gasteiger charge is 2.20. The quantitative estimate of drug-likeness (QED) is 0.732. The van der Waals surface area contributed by atoms with E-state index in [2.05, 4.69) is 0 Å². The molecule has 1 rings (SSSR count). The molecule has 0 heterocycles. The molecule has 0 saturated heterocycles. The molecular weight excluding hydrogens is 244 g/mol. The van der Waals surface area contributed by atoms with Gasteiger partial charge in [-0.15, -0.1) is 0 Å². The summed E-state index contributed by atoms with van der Waals surface area (Å²) < 4.78 is 10.6. The zero-order valence-electron chi connectivity index (χ0n) is 11.7. The lowest BCUT2D eigenvalue weighted by Crippen LogP contribution is -2.29. The van der Waals surface area contributed by atoms with Crippen LogP contribution in [0.15, 0.2) is 24.3 Å². The van der Waals surface area contributed by atoms with Crippen molar-refractivity contribution in [3.63, 3.8) is 0 Å². The maximum atomic E-state index is 10.6. The van der Waals surface area contributed by atoms with Crippen molar-refractivity contribution in [2.45, 2.75) is 26.6 Å². The van der Waals surface area contributed by atoms with E-state index in [4.69, 9.17) is 9.47 Å². The number of hydrogen-bond acceptors (Lipinski definition) is 4. The van der Waals surface area contributed by atoms with Crippen molar-refractivity contribution in [2.24, 2.45) is 11.8 Å². The molecule has 106 valence electrons. The Morgan fingerprint density at radius 3 is 2.42 bits per heavy atom. The largest absolute Gasteiger partial charge is 0.497 e. The molecule has 1 N–H and O–H groups in total. The third-order valence-electron chi connectivity index (χ3n) is 3.14. The minimum Gasteiger partial charge on any atom is -0.497 e. The van der Waals surface area contributed by atoms with E-state index in [0.29, 0.717) is 13.2 Å². The maximum Gasteiger partial charge on any atom is 0.125 e. The van der Waals surface area contributed by atoms with Gasteiger partial charge in [0.25, 0.3) is 0 Å². The second-order valence-electron chi connectivity index (χ2n) is 4.83. The summed E-state index contributed by atoms with van der Waals surface area (Å²) in [5.41, 5.74) is 1.05. The molecule has 0 spiro atoms. The molecule has 0 saturated carbocycles. The zero-order chi connectivity index (χ0) is 14.3. The molecule has 1 aromatic carbocycles. The summed E-state index contributed by atoms with van der Waals surface area (Å²) in [5.74, 6) is 0.380. The van der Waals surface area contributed by atoms with Crippen LogP contribution in [0.5, 0.6) is 5.75 Å². The number of methoxy groups -OCH3 is 1. The Labute approximate surface area is 114 Å². The van der Waals surface area contributed by atoms with Gasteiger partial charge in [-0.05, 0) is 17.7 Å². The first-order valence-electron chi connectivity index (χ1n) is 6.42. The van der Waals surface area contributed by atoms with Crippen LogP contribution < -0.4 is 4.74 Å². The first-order chi connectivity index (χ1) is 9.08. The number of carbonyl (C=O) groups excluding carboxylic acids is 1. The summed E-state index contributed by atoms with van der Waals surface area (Å²) in [6.07, 6.45) is 0.110. The van der Waals surface area contributed by atoms with Crippen molar-refractivity contribution < 1.29 is 19.4 Å². The van der Waals surface area contributed by atoms with Gasteiger partial charge in [0.1, 0.15) is 12.0 Å².